The summed E-state index contributed by atoms with van der Waals surface area (Å²) in [4.78, 5) is 0. The second-order valence-electron chi connectivity index (χ2n) is 12.7. The van der Waals surface area contributed by atoms with Crippen molar-refractivity contribution in [1.29, 1.82) is 0 Å². The molecule has 0 aromatic heterocycles. The van der Waals surface area contributed by atoms with Crippen molar-refractivity contribution in [1.82, 2.24) is 0 Å². The van der Waals surface area contributed by atoms with Crippen molar-refractivity contribution in [2.45, 2.75) is 100 Å². The third kappa shape index (κ3) is 7.26. The van der Waals surface area contributed by atoms with Crippen LogP contribution in [0.5, 0.6) is 0 Å². The summed E-state index contributed by atoms with van der Waals surface area (Å²) >= 11 is -6.72. The molecule has 0 aliphatic rings. The SMILES string of the molecule is C[C](C)([Sn]([F])[CH]([Si](C)(C)C)[Si](C)(C)C)[Sn]([F])[CH]([Si](C)(C)C)[Si](C)(C)C. The summed E-state index contributed by atoms with van der Waals surface area (Å²) < 4.78 is 32.8. The van der Waals surface area contributed by atoms with Crippen LogP contribution in [0.3, 0.4) is 0 Å². The van der Waals surface area contributed by atoms with Gasteiger partial charge in [-0.1, -0.05) is 0 Å². The van der Waals surface area contributed by atoms with Gasteiger partial charge >= 0.3 is 179 Å². The predicted octanol–water partition coefficient (Wildman–Crippen LogP) is 7.48. The maximum atomic E-state index is 16.3. The van der Waals surface area contributed by atoms with Gasteiger partial charge in [-0.15, -0.1) is 0 Å². The van der Waals surface area contributed by atoms with Gasteiger partial charge in [0.2, 0.25) is 0 Å². The second-order valence-corrected chi connectivity index (χ2v) is 60.1. The molecule has 25 heavy (non-hydrogen) atoms. The van der Waals surface area contributed by atoms with E-state index in [1.165, 1.54) is 0 Å². The van der Waals surface area contributed by atoms with Gasteiger partial charge in [-0.05, 0) is 0 Å². The van der Waals surface area contributed by atoms with Crippen molar-refractivity contribution in [2.24, 2.45) is 0 Å². The van der Waals surface area contributed by atoms with Gasteiger partial charge in [-0.2, -0.15) is 0 Å². The molecule has 150 valence electrons. The van der Waals surface area contributed by atoms with Gasteiger partial charge in [-0.3, -0.25) is 0 Å². The Labute approximate surface area is 177 Å². The third-order valence-corrected chi connectivity index (χ3v) is 77.8. The van der Waals surface area contributed by atoms with Gasteiger partial charge in [0, 0.05) is 0 Å². The maximum absolute atomic E-state index is 16.3. The monoisotopic (exact) mass is 638 g/mol. The third-order valence-electron chi connectivity index (χ3n) is 5.17. The summed E-state index contributed by atoms with van der Waals surface area (Å²) in [5.74, 6) is 0. The van der Waals surface area contributed by atoms with Crippen molar-refractivity contribution >= 4 is 73.0 Å². The molecule has 0 nitrogen and oxygen atoms in total. The first-order valence-corrected chi connectivity index (χ1v) is 32.2. The molecule has 0 atom stereocenters. The molecule has 2 radical (unpaired) electrons. The minimum absolute atomic E-state index is 0.327. The summed E-state index contributed by atoms with van der Waals surface area (Å²) in [6, 6.07) is 0. The molecule has 0 N–H and O–H groups in total. The van der Waals surface area contributed by atoms with Crippen LogP contribution in [0.4, 0.5) is 5.73 Å². The van der Waals surface area contributed by atoms with Crippen LogP contribution >= 0.6 is 0 Å². The Morgan fingerprint density at radius 1 is 0.520 bits per heavy atom. The van der Waals surface area contributed by atoms with E-state index >= 15 is 5.73 Å². The fourth-order valence-corrected chi connectivity index (χ4v) is 90.2. The molecule has 0 aliphatic heterocycles. The molecule has 0 aliphatic carbocycles. The zero-order valence-corrected chi connectivity index (χ0v) is 29.1. The van der Waals surface area contributed by atoms with E-state index in [0.29, 0.717) is 6.36 Å². The van der Waals surface area contributed by atoms with Crippen LogP contribution in [0.1, 0.15) is 13.8 Å². The van der Waals surface area contributed by atoms with E-state index in [-0.39, 0.29) is 0 Å². The Bertz CT molecular complexity index is 378. The molecule has 0 spiro atoms. The van der Waals surface area contributed by atoms with Crippen LogP contribution in [0.15, 0.2) is 0 Å². The predicted molar refractivity (Wildman–Crippen MR) is 129 cm³/mol. The molecule has 8 heteroatoms. The normalized spacial score (nSPS) is 15.8. The van der Waals surface area contributed by atoms with Gasteiger partial charge in [0.05, 0.1) is 0 Å². The molecule has 0 amide bonds. The summed E-state index contributed by atoms with van der Waals surface area (Å²) in [5, 5.41) is 0. The Morgan fingerprint density at radius 2 is 0.680 bits per heavy atom. The molecule has 0 fully saturated rings. The Kier molecular flexibility index (Phi) is 9.39. The van der Waals surface area contributed by atoms with Crippen molar-refractivity contribution in [3.63, 3.8) is 0 Å². The van der Waals surface area contributed by atoms with Crippen LogP contribution in [0, 0.1) is 0 Å². The van der Waals surface area contributed by atoms with Crippen LogP contribution in [0.25, 0.3) is 0 Å². The molecule has 0 heterocycles. The molecule has 0 unspecified atom stereocenters. The second kappa shape index (κ2) is 8.59. The zero-order chi connectivity index (χ0) is 20.8. The van der Waals surface area contributed by atoms with E-state index in [0.717, 1.165) is 0 Å². The fraction of sp³-hybridized carbons (Fsp3) is 1.00. The van der Waals surface area contributed by atoms with E-state index < -0.39 is 74.4 Å². The molecule has 0 saturated heterocycles. The molecule has 0 saturated carbocycles. The number of hydrogen-bond acceptors (Lipinski definition) is 0. The van der Waals surface area contributed by atoms with E-state index in [9.17, 15) is 0 Å². The summed E-state index contributed by atoms with van der Waals surface area (Å²) in [7, 11) is -6.42. The number of rotatable bonds is 8. The number of hydrogen-bond donors (Lipinski definition) is 0. The quantitative estimate of drug-likeness (QED) is 0.243. The van der Waals surface area contributed by atoms with Gasteiger partial charge in [0.25, 0.3) is 0 Å². The van der Waals surface area contributed by atoms with E-state index in [4.69, 9.17) is 0 Å². The van der Waals surface area contributed by atoms with Gasteiger partial charge < -0.3 is 0 Å². The number of halogens is 2. The Hall–Kier alpha value is 2.32. The zero-order valence-electron chi connectivity index (χ0n) is 19.4. The topological polar surface area (TPSA) is 0 Å². The first kappa shape index (κ1) is 27.3. The van der Waals surface area contributed by atoms with Crippen molar-refractivity contribution < 1.29 is 5.73 Å². The van der Waals surface area contributed by atoms with Crippen molar-refractivity contribution in [3.05, 3.63) is 0 Å². The average molecular weight is 636 g/mol. The fourth-order valence-electron chi connectivity index (χ4n) is 4.95. The summed E-state index contributed by atoms with van der Waals surface area (Å²) in [5.41, 5.74) is 0. The van der Waals surface area contributed by atoms with E-state index in [2.05, 4.69) is 92.4 Å². The molecular weight excluding hydrogens is 592 g/mol. The van der Waals surface area contributed by atoms with Crippen LogP contribution < -0.4 is 0 Å². The Balaban J connectivity index is 6.09. The van der Waals surface area contributed by atoms with E-state index in [1.54, 1.807) is 0 Å². The first-order valence-electron chi connectivity index (χ1n) is 9.61. The van der Waals surface area contributed by atoms with Crippen LogP contribution in [-0.4, -0.2) is 73.0 Å². The Morgan fingerprint density at radius 3 is 0.800 bits per heavy atom. The van der Waals surface area contributed by atoms with Crippen molar-refractivity contribution in [2.75, 3.05) is 0 Å². The molecule has 0 bridgehead atoms. The van der Waals surface area contributed by atoms with E-state index in [1.807, 2.05) is 0 Å². The first-order chi connectivity index (χ1) is 10.6. The van der Waals surface area contributed by atoms with Crippen molar-refractivity contribution in [3.8, 4) is 0 Å². The van der Waals surface area contributed by atoms with Gasteiger partial charge in [0.15, 0.2) is 0 Å². The minimum atomic E-state index is -3.36. The molecule has 0 aromatic carbocycles. The summed E-state index contributed by atoms with van der Waals surface area (Å²) in [6.45, 7) is 32.1. The van der Waals surface area contributed by atoms with Crippen LogP contribution in [-0.2, 0) is 0 Å². The average Bonchev–Trinajstić information content (AvgIpc) is 2.19. The summed E-state index contributed by atoms with van der Waals surface area (Å²) in [6.07, 6.45) is 0. The standard InChI is InChI=1S/2C7H19Si2.C3H6.2FH.2Sn/c2*1-8(2,3)7-9(4,5)6;1-3-2;;;;/h2*7H,1-6H3;1-2H3;2*1H;;/q;;;;;2*+1/p-2. The molecular formula is C17H44F2Si4Sn2. The van der Waals surface area contributed by atoms with Crippen LogP contribution in [0.2, 0.25) is 86.4 Å². The van der Waals surface area contributed by atoms with Gasteiger partial charge in [-0.25, -0.2) is 0 Å². The molecule has 0 aromatic rings. The van der Waals surface area contributed by atoms with Gasteiger partial charge in [0.1, 0.15) is 0 Å². The molecule has 0 rings (SSSR count).